The summed E-state index contributed by atoms with van der Waals surface area (Å²) in [6.07, 6.45) is -0.462. The molecule has 1 amide bonds. The molecule has 0 saturated heterocycles. The molecule has 5 heteroatoms. The lowest BCUT2D eigenvalue weighted by molar-refractivity contribution is -0.118. The van der Waals surface area contributed by atoms with Crippen LogP contribution < -0.4 is 10.5 Å². The molecule has 1 unspecified atom stereocenters. The van der Waals surface area contributed by atoms with Crippen molar-refractivity contribution in [3.63, 3.8) is 0 Å². The molecule has 88 valence electrons. The number of carbonyl (C=O) groups excluding carboxylic acids is 1. The van der Waals surface area contributed by atoms with Gasteiger partial charge in [0.1, 0.15) is 5.75 Å². The Morgan fingerprint density at radius 3 is 2.88 bits per heavy atom. The largest absolute Gasteiger partial charge is 0.493 e. The molecule has 0 spiro atoms. The van der Waals surface area contributed by atoms with Crippen molar-refractivity contribution < 1.29 is 14.6 Å². The van der Waals surface area contributed by atoms with Crippen molar-refractivity contribution in [3.05, 3.63) is 28.2 Å². The number of aliphatic hydroxyl groups is 1. The molecule has 0 heterocycles. The van der Waals surface area contributed by atoms with Crippen LogP contribution >= 0.6 is 15.9 Å². The number of nitrogens with two attached hydrogens (primary N) is 1. The average molecular weight is 288 g/mol. The number of carbonyl (C=O) groups is 1. The van der Waals surface area contributed by atoms with E-state index in [0.29, 0.717) is 11.3 Å². The number of aliphatic hydroxyl groups excluding tert-OH is 1. The lowest BCUT2D eigenvalue weighted by Crippen LogP contribution is -2.15. The molecule has 0 fully saturated rings. The zero-order valence-corrected chi connectivity index (χ0v) is 10.5. The maximum absolute atomic E-state index is 10.5. The average Bonchev–Trinajstić information content (AvgIpc) is 2.19. The van der Waals surface area contributed by atoms with Crippen molar-refractivity contribution in [3.8, 4) is 5.75 Å². The second kappa shape index (κ2) is 5.86. The quantitative estimate of drug-likeness (QED) is 0.867. The zero-order chi connectivity index (χ0) is 12.1. The molecule has 4 nitrogen and oxygen atoms in total. The van der Waals surface area contributed by atoms with Crippen LogP contribution in [0.5, 0.6) is 5.75 Å². The van der Waals surface area contributed by atoms with Crippen LogP contribution in [0.25, 0.3) is 0 Å². The third kappa shape index (κ3) is 3.83. The van der Waals surface area contributed by atoms with Gasteiger partial charge in [0.15, 0.2) is 0 Å². The first kappa shape index (κ1) is 13.0. The van der Waals surface area contributed by atoms with Crippen LogP contribution in [0.1, 0.15) is 25.0 Å². The van der Waals surface area contributed by atoms with Crippen LogP contribution in [0.2, 0.25) is 0 Å². The van der Waals surface area contributed by atoms with Crippen molar-refractivity contribution in [2.45, 2.75) is 19.4 Å². The van der Waals surface area contributed by atoms with Gasteiger partial charge in [-0.25, -0.2) is 0 Å². The fraction of sp³-hybridized carbons (Fsp3) is 0.364. The number of amides is 1. The van der Waals surface area contributed by atoms with Crippen LogP contribution in [0.3, 0.4) is 0 Å². The minimum atomic E-state index is -0.624. The van der Waals surface area contributed by atoms with E-state index in [1.165, 1.54) is 0 Å². The van der Waals surface area contributed by atoms with Crippen LogP contribution in [0, 0.1) is 0 Å². The molecule has 0 aliphatic carbocycles. The Morgan fingerprint density at radius 1 is 1.62 bits per heavy atom. The number of halogens is 1. The molecule has 0 bridgehead atoms. The molecular formula is C11H14BrNO3. The monoisotopic (exact) mass is 287 g/mol. The predicted molar refractivity (Wildman–Crippen MR) is 64.1 cm³/mol. The van der Waals surface area contributed by atoms with Gasteiger partial charge >= 0.3 is 0 Å². The summed E-state index contributed by atoms with van der Waals surface area (Å²) < 4.78 is 6.25. The Bertz CT molecular complexity index is 379. The summed E-state index contributed by atoms with van der Waals surface area (Å²) in [5.74, 6) is 0.162. The Hall–Kier alpha value is -1.07. The van der Waals surface area contributed by atoms with Gasteiger partial charge in [0.25, 0.3) is 0 Å². The van der Waals surface area contributed by atoms with E-state index in [9.17, 15) is 9.90 Å². The van der Waals surface area contributed by atoms with E-state index in [4.69, 9.17) is 10.5 Å². The molecule has 0 aliphatic heterocycles. The summed E-state index contributed by atoms with van der Waals surface area (Å²) in [5, 5.41) is 9.55. The molecule has 0 radical (unpaired) electrons. The van der Waals surface area contributed by atoms with E-state index in [0.717, 1.165) is 4.47 Å². The van der Waals surface area contributed by atoms with E-state index >= 15 is 0 Å². The van der Waals surface area contributed by atoms with E-state index in [1.54, 1.807) is 19.1 Å². The number of ether oxygens (including phenoxy) is 1. The van der Waals surface area contributed by atoms with Gasteiger partial charge in [-0.3, -0.25) is 4.79 Å². The number of rotatable bonds is 5. The minimum Gasteiger partial charge on any atom is -0.493 e. The molecule has 0 saturated carbocycles. The van der Waals surface area contributed by atoms with E-state index in [1.807, 2.05) is 6.07 Å². The van der Waals surface area contributed by atoms with E-state index < -0.39 is 12.0 Å². The topological polar surface area (TPSA) is 72.6 Å². The lowest BCUT2D eigenvalue weighted by atomic mass is 10.1. The molecule has 0 aromatic heterocycles. The van der Waals surface area contributed by atoms with E-state index in [2.05, 4.69) is 15.9 Å². The fourth-order valence-corrected chi connectivity index (χ4v) is 1.62. The molecular weight excluding hydrogens is 274 g/mol. The van der Waals surface area contributed by atoms with Gasteiger partial charge in [-0.15, -0.1) is 0 Å². The molecule has 16 heavy (non-hydrogen) atoms. The summed E-state index contributed by atoms with van der Waals surface area (Å²) in [6.45, 7) is 1.87. The number of hydrogen-bond donors (Lipinski definition) is 2. The minimum absolute atomic E-state index is 0.162. The summed E-state index contributed by atoms with van der Waals surface area (Å²) in [6, 6.07) is 5.34. The molecule has 1 atom stereocenters. The SMILES string of the molecule is CC(O)c1cc(Br)ccc1OCCC(N)=O. The lowest BCUT2D eigenvalue weighted by Gasteiger charge is -2.13. The highest BCUT2D eigenvalue weighted by Gasteiger charge is 2.10. The smallest absolute Gasteiger partial charge is 0.220 e. The molecule has 0 aliphatic rings. The van der Waals surface area contributed by atoms with Crippen LogP contribution in [0.15, 0.2) is 22.7 Å². The summed E-state index contributed by atoms with van der Waals surface area (Å²) >= 11 is 3.32. The fourth-order valence-electron chi connectivity index (χ4n) is 1.24. The highest BCUT2D eigenvalue weighted by Crippen LogP contribution is 2.28. The Balaban J connectivity index is 2.74. The highest BCUT2D eigenvalue weighted by atomic mass is 79.9. The first-order chi connectivity index (χ1) is 7.50. The van der Waals surface area contributed by atoms with Gasteiger partial charge < -0.3 is 15.6 Å². The van der Waals surface area contributed by atoms with Gasteiger partial charge in [0.2, 0.25) is 5.91 Å². The van der Waals surface area contributed by atoms with Crippen molar-refractivity contribution in [1.82, 2.24) is 0 Å². The van der Waals surface area contributed by atoms with Crippen LogP contribution in [-0.2, 0) is 4.79 Å². The first-order valence-electron chi connectivity index (χ1n) is 4.89. The maximum Gasteiger partial charge on any atom is 0.220 e. The molecule has 1 aromatic carbocycles. The predicted octanol–water partition coefficient (Wildman–Crippen LogP) is 1.76. The Morgan fingerprint density at radius 2 is 2.31 bits per heavy atom. The molecule has 1 aromatic rings. The maximum atomic E-state index is 10.5. The Labute approximate surface area is 103 Å². The third-order valence-electron chi connectivity index (χ3n) is 2.03. The zero-order valence-electron chi connectivity index (χ0n) is 8.94. The second-order valence-corrected chi connectivity index (χ2v) is 4.34. The van der Waals surface area contributed by atoms with Crippen LogP contribution in [0.4, 0.5) is 0 Å². The van der Waals surface area contributed by atoms with Gasteiger partial charge in [-0.1, -0.05) is 15.9 Å². The number of benzene rings is 1. The Kier molecular flexibility index (Phi) is 4.76. The molecule has 1 rings (SSSR count). The number of primary amides is 1. The standard InChI is InChI=1S/C11H14BrNO3/c1-7(14)9-6-8(12)2-3-10(9)16-5-4-11(13)15/h2-3,6-7,14H,4-5H2,1H3,(H2,13,15). The summed E-state index contributed by atoms with van der Waals surface area (Å²) in [5.41, 5.74) is 5.68. The van der Waals surface area contributed by atoms with Crippen molar-refractivity contribution in [2.75, 3.05) is 6.61 Å². The van der Waals surface area contributed by atoms with Crippen molar-refractivity contribution >= 4 is 21.8 Å². The summed E-state index contributed by atoms with van der Waals surface area (Å²) in [7, 11) is 0. The third-order valence-corrected chi connectivity index (χ3v) is 2.52. The van der Waals surface area contributed by atoms with E-state index in [-0.39, 0.29) is 13.0 Å². The molecule has 3 N–H and O–H groups in total. The van der Waals surface area contributed by atoms with Gasteiger partial charge in [0.05, 0.1) is 19.1 Å². The first-order valence-corrected chi connectivity index (χ1v) is 5.68. The normalized spacial score (nSPS) is 12.2. The van der Waals surface area contributed by atoms with Crippen LogP contribution in [-0.4, -0.2) is 17.6 Å². The second-order valence-electron chi connectivity index (χ2n) is 3.42. The van der Waals surface area contributed by atoms with Gasteiger partial charge in [-0.2, -0.15) is 0 Å². The summed E-state index contributed by atoms with van der Waals surface area (Å²) in [4.78, 5) is 10.5. The highest BCUT2D eigenvalue weighted by molar-refractivity contribution is 9.10. The number of hydrogen-bond acceptors (Lipinski definition) is 3. The van der Waals surface area contributed by atoms with Crippen molar-refractivity contribution in [2.24, 2.45) is 5.73 Å². The van der Waals surface area contributed by atoms with Gasteiger partial charge in [0, 0.05) is 10.0 Å². The van der Waals surface area contributed by atoms with Gasteiger partial charge in [-0.05, 0) is 25.1 Å². The van der Waals surface area contributed by atoms with Crippen molar-refractivity contribution in [1.29, 1.82) is 0 Å².